The van der Waals surface area contributed by atoms with E-state index >= 15 is 0 Å². The second-order valence-electron chi connectivity index (χ2n) is 4.73. The molecule has 102 valence electrons. The van der Waals surface area contributed by atoms with Gasteiger partial charge in [-0.05, 0) is 18.4 Å². The van der Waals surface area contributed by atoms with Gasteiger partial charge in [-0.3, -0.25) is 0 Å². The molecule has 1 unspecified atom stereocenters. The molecule has 0 saturated heterocycles. The zero-order valence-corrected chi connectivity index (χ0v) is 11.6. The smallest absolute Gasteiger partial charge is 0.231 e. The van der Waals surface area contributed by atoms with Crippen molar-refractivity contribution in [3.05, 3.63) is 35.7 Å². The summed E-state index contributed by atoms with van der Waals surface area (Å²) in [4.78, 5) is 4.47. The normalized spacial score (nSPS) is 12.6. The number of nitrogens with zero attached hydrogens (tertiary/aromatic N) is 2. The van der Waals surface area contributed by atoms with Crippen LogP contribution in [0.3, 0.4) is 0 Å². The lowest BCUT2D eigenvalue weighted by molar-refractivity contribution is 0.347. The second-order valence-corrected chi connectivity index (χ2v) is 4.73. The van der Waals surface area contributed by atoms with Gasteiger partial charge in [0, 0.05) is 12.1 Å². The largest absolute Gasteiger partial charge is 0.339 e. The van der Waals surface area contributed by atoms with Crippen LogP contribution in [0.4, 0.5) is 0 Å². The fourth-order valence-corrected chi connectivity index (χ4v) is 2.10. The van der Waals surface area contributed by atoms with Crippen LogP contribution >= 0.6 is 0 Å². The first-order valence-electron chi connectivity index (χ1n) is 6.91. The highest BCUT2D eigenvalue weighted by atomic mass is 16.5. The summed E-state index contributed by atoms with van der Waals surface area (Å²) >= 11 is 0. The van der Waals surface area contributed by atoms with Gasteiger partial charge in [0.15, 0.2) is 0 Å². The molecule has 0 fully saturated rings. The Morgan fingerprint density at radius 2 is 1.95 bits per heavy atom. The van der Waals surface area contributed by atoms with Crippen molar-refractivity contribution in [2.24, 2.45) is 5.73 Å². The summed E-state index contributed by atoms with van der Waals surface area (Å²) < 4.78 is 5.34. The van der Waals surface area contributed by atoms with E-state index in [1.165, 1.54) is 5.56 Å². The molecule has 1 heterocycles. The molecule has 1 atom stereocenters. The van der Waals surface area contributed by atoms with Crippen molar-refractivity contribution in [1.82, 2.24) is 10.1 Å². The molecule has 0 spiro atoms. The molecule has 4 heteroatoms. The van der Waals surface area contributed by atoms with Gasteiger partial charge < -0.3 is 10.3 Å². The van der Waals surface area contributed by atoms with E-state index in [0.29, 0.717) is 18.3 Å². The third-order valence-electron chi connectivity index (χ3n) is 3.33. The Kier molecular flexibility index (Phi) is 4.68. The highest BCUT2D eigenvalue weighted by molar-refractivity contribution is 5.54. The number of rotatable bonds is 6. The van der Waals surface area contributed by atoms with Crippen molar-refractivity contribution in [2.75, 3.05) is 6.54 Å². The predicted octanol–water partition coefficient (Wildman–Crippen LogP) is 3.14. The summed E-state index contributed by atoms with van der Waals surface area (Å²) in [6, 6.07) is 8.26. The number of benzene rings is 1. The first-order chi connectivity index (χ1) is 9.28. The van der Waals surface area contributed by atoms with E-state index in [0.717, 1.165) is 24.8 Å². The number of nitrogens with two attached hydrogens (primary N) is 1. The molecule has 0 aliphatic heterocycles. The molecule has 0 aliphatic rings. The van der Waals surface area contributed by atoms with Gasteiger partial charge in [0.1, 0.15) is 0 Å². The van der Waals surface area contributed by atoms with Crippen molar-refractivity contribution in [3.63, 3.8) is 0 Å². The fourth-order valence-electron chi connectivity index (χ4n) is 2.10. The summed E-state index contributed by atoms with van der Waals surface area (Å²) in [7, 11) is 0. The van der Waals surface area contributed by atoms with E-state index in [-0.39, 0.29) is 5.92 Å². The van der Waals surface area contributed by atoms with E-state index in [1.807, 2.05) is 12.1 Å². The van der Waals surface area contributed by atoms with Crippen molar-refractivity contribution in [3.8, 4) is 11.4 Å². The third-order valence-corrected chi connectivity index (χ3v) is 3.33. The average molecular weight is 259 g/mol. The highest BCUT2D eigenvalue weighted by Gasteiger charge is 2.17. The number of aromatic nitrogens is 2. The van der Waals surface area contributed by atoms with Crippen molar-refractivity contribution < 1.29 is 4.52 Å². The Hall–Kier alpha value is -1.68. The quantitative estimate of drug-likeness (QED) is 0.865. The minimum absolute atomic E-state index is 0.168. The van der Waals surface area contributed by atoms with Gasteiger partial charge >= 0.3 is 0 Å². The summed E-state index contributed by atoms with van der Waals surface area (Å²) in [5, 5.41) is 4.05. The van der Waals surface area contributed by atoms with Crippen LogP contribution in [0, 0.1) is 0 Å². The van der Waals surface area contributed by atoms with E-state index < -0.39 is 0 Å². The maximum atomic E-state index is 5.75. The van der Waals surface area contributed by atoms with Gasteiger partial charge in [0.25, 0.3) is 0 Å². The second kappa shape index (κ2) is 6.48. The Balaban J connectivity index is 2.19. The molecule has 2 aromatic rings. The average Bonchev–Trinajstić information content (AvgIpc) is 2.94. The Bertz CT molecular complexity index is 504. The molecule has 0 amide bonds. The predicted molar refractivity (Wildman–Crippen MR) is 75.8 cm³/mol. The van der Waals surface area contributed by atoms with Crippen molar-refractivity contribution >= 4 is 0 Å². The molecule has 0 saturated carbocycles. The SMILES string of the molecule is CCCC(CN)c1nc(-c2ccc(CC)cc2)no1. The maximum Gasteiger partial charge on any atom is 0.231 e. The lowest BCUT2D eigenvalue weighted by Crippen LogP contribution is -2.12. The monoisotopic (exact) mass is 259 g/mol. The fraction of sp³-hybridized carbons (Fsp3) is 0.467. The van der Waals surface area contributed by atoms with Crippen LogP contribution in [0.15, 0.2) is 28.8 Å². The van der Waals surface area contributed by atoms with E-state index in [1.54, 1.807) is 0 Å². The van der Waals surface area contributed by atoms with Gasteiger partial charge in [-0.2, -0.15) is 4.98 Å². The maximum absolute atomic E-state index is 5.75. The van der Waals surface area contributed by atoms with Gasteiger partial charge in [-0.15, -0.1) is 0 Å². The lowest BCUT2D eigenvalue weighted by Gasteiger charge is -2.06. The topological polar surface area (TPSA) is 64.9 Å². The van der Waals surface area contributed by atoms with Crippen LogP contribution < -0.4 is 5.73 Å². The molecule has 2 N–H and O–H groups in total. The Labute approximate surface area is 114 Å². The summed E-state index contributed by atoms with van der Waals surface area (Å²) in [5.41, 5.74) is 8.04. The Morgan fingerprint density at radius 1 is 1.21 bits per heavy atom. The number of aryl methyl sites for hydroxylation is 1. The molecule has 2 rings (SSSR count). The molecule has 0 bridgehead atoms. The molecule has 1 aromatic carbocycles. The van der Waals surface area contributed by atoms with Gasteiger partial charge in [0.05, 0.1) is 5.92 Å². The van der Waals surface area contributed by atoms with Crippen LogP contribution in [0.1, 0.15) is 44.1 Å². The zero-order chi connectivity index (χ0) is 13.7. The molecule has 1 aromatic heterocycles. The number of hydrogen-bond donors (Lipinski definition) is 1. The first-order valence-corrected chi connectivity index (χ1v) is 6.91. The highest BCUT2D eigenvalue weighted by Crippen LogP contribution is 2.22. The molecule has 4 nitrogen and oxygen atoms in total. The molecule has 19 heavy (non-hydrogen) atoms. The van der Waals surface area contributed by atoms with E-state index in [4.69, 9.17) is 10.3 Å². The van der Waals surface area contributed by atoms with Gasteiger partial charge in [0.2, 0.25) is 11.7 Å². The molecular formula is C15H21N3O. The van der Waals surface area contributed by atoms with E-state index in [2.05, 4.69) is 36.1 Å². The van der Waals surface area contributed by atoms with Crippen LogP contribution in [-0.2, 0) is 6.42 Å². The summed E-state index contributed by atoms with van der Waals surface area (Å²) in [6.45, 7) is 4.81. The third kappa shape index (κ3) is 3.20. The van der Waals surface area contributed by atoms with Gasteiger partial charge in [-0.1, -0.05) is 49.7 Å². The zero-order valence-electron chi connectivity index (χ0n) is 11.6. The van der Waals surface area contributed by atoms with Crippen molar-refractivity contribution in [1.29, 1.82) is 0 Å². The lowest BCUT2D eigenvalue weighted by atomic mass is 10.0. The van der Waals surface area contributed by atoms with Crippen LogP contribution in [0.25, 0.3) is 11.4 Å². The van der Waals surface area contributed by atoms with Crippen LogP contribution in [-0.4, -0.2) is 16.7 Å². The summed E-state index contributed by atoms with van der Waals surface area (Å²) in [6.07, 6.45) is 3.07. The van der Waals surface area contributed by atoms with Crippen LogP contribution in [0.5, 0.6) is 0 Å². The van der Waals surface area contributed by atoms with Crippen LogP contribution in [0.2, 0.25) is 0 Å². The Morgan fingerprint density at radius 3 is 2.53 bits per heavy atom. The van der Waals surface area contributed by atoms with Crippen molar-refractivity contribution in [2.45, 2.75) is 39.0 Å². The standard InChI is InChI=1S/C15H21N3O/c1-3-5-13(10-16)15-17-14(18-19-15)12-8-6-11(4-2)7-9-12/h6-9,13H,3-5,10,16H2,1-2H3. The minimum atomic E-state index is 0.168. The van der Waals surface area contributed by atoms with Gasteiger partial charge in [-0.25, -0.2) is 0 Å². The van der Waals surface area contributed by atoms with E-state index in [9.17, 15) is 0 Å². The minimum Gasteiger partial charge on any atom is -0.339 e. The number of hydrogen-bond acceptors (Lipinski definition) is 4. The molecular weight excluding hydrogens is 238 g/mol. The first kappa shape index (κ1) is 13.7. The molecule has 0 aliphatic carbocycles. The summed E-state index contributed by atoms with van der Waals surface area (Å²) in [5.74, 6) is 1.47. The molecule has 0 radical (unpaired) electrons.